The number of alkyl halides is 4. The third kappa shape index (κ3) is 3.68. The molecule has 1 aliphatic rings. The summed E-state index contributed by atoms with van der Waals surface area (Å²) >= 11 is 5.92. The highest BCUT2D eigenvalue weighted by Crippen LogP contribution is 2.42. The van der Waals surface area contributed by atoms with Gasteiger partial charge in [-0.2, -0.15) is 13.2 Å². The summed E-state index contributed by atoms with van der Waals surface area (Å²) in [6, 6.07) is 6.47. The predicted octanol–water partition coefficient (Wildman–Crippen LogP) is 6.92. The summed E-state index contributed by atoms with van der Waals surface area (Å²) in [4.78, 5) is 0. The maximum Gasteiger partial charge on any atom is 0.416 e. The van der Waals surface area contributed by atoms with Gasteiger partial charge in [0, 0.05) is 17.5 Å². The van der Waals surface area contributed by atoms with Gasteiger partial charge in [0.05, 0.1) is 12.7 Å². The summed E-state index contributed by atoms with van der Waals surface area (Å²) < 4.78 is 58.8. The van der Waals surface area contributed by atoms with Crippen molar-refractivity contribution in [3.8, 4) is 16.9 Å². The van der Waals surface area contributed by atoms with E-state index >= 15 is 0 Å². The van der Waals surface area contributed by atoms with Crippen molar-refractivity contribution in [1.29, 1.82) is 0 Å². The molecule has 0 saturated heterocycles. The molecule has 0 heterocycles. The molecule has 140 valence electrons. The first kappa shape index (κ1) is 19.0. The van der Waals surface area contributed by atoms with Crippen LogP contribution in [0.25, 0.3) is 11.1 Å². The van der Waals surface area contributed by atoms with E-state index in [0.717, 1.165) is 37.8 Å². The highest BCUT2D eigenvalue weighted by atomic mass is 35.5. The fourth-order valence-electron chi connectivity index (χ4n) is 3.64. The molecule has 3 rings (SSSR count). The van der Waals surface area contributed by atoms with Crippen molar-refractivity contribution >= 4 is 11.6 Å². The van der Waals surface area contributed by atoms with E-state index in [1.165, 1.54) is 19.2 Å². The van der Waals surface area contributed by atoms with Crippen molar-refractivity contribution in [2.24, 2.45) is 0 Å². The molecule has 1 nitrogen and oxygen atoms in total. The maximum absolute atomic E-state index is 14.5. The van der Waals surface area contributed by atoms with E-state index < -0.39 is 11.7 Å². The van der Waals surface area contributed by atoms with Gasteiger partial charge in [-0.3, -0.25) is 0 Å². The summed E-state index contributed by atoms with van der Waals surface area (Å²) in [5, 5.41) is 0. The Bertz CT molecular complexity index is 795. The van der Waals surface area contributed by atoms with Crippen LogP contribution in [0.1, 0.15) is 48.3 Å². The van der Waals surface area contributed by atoms with Gasteiger partial charge < -0.3 is 4.74 Å². The van der Waals surface area contributed by atoms with Crippen LogP contribution in [0.2, 0.25) is 0 Å². The molecule has 0 N–H and O–H groups in total. The predicted molar refractivity (Wildman–Crippen MR) is 94.2 cm³/mol. The summed E-state index contributed by atoms with van der Waals surface area (Å²) in [6.07, 6.45) is -0.505. The minimum absolute atomic E-state index is 0.0848. The van der Waals surface area contributed by atoms with E-state index in [2.05, 4.69) is 0 Å². The molecule has 0 spiro atoms. The van der Waals surface area contributed by atoms with E-state index in [-0.39, 0.29) is 23.4 Å². The van der Waals surface area contributed by atoms with Gasteiger partial charge in [0.2, 0.25) is 0 Å². The molecule has 1 fully saturated rings. The Hall–Kier alpha value is -1.75. The molecule has 6 heteroatoms. The van der Waals surface area contributed by atoms with Crippen LogP contribution in [0.15, 0.2) is 30.3 Å². The van der Waals surface area contributed by atoms with Crippen LogP contribution in [0, 0.1) is 5.82 Å². The lowest BCUT2D eigenvalue weighted by molar-refractivity contribution is -0.137. The van der Waals surface area contributed by atoms with Gasteiger partial charge in [0.25, 0.3) is 0 Å². The Kier molecular flexibility index (Phi) is 5.47. The van der Waals surface area contributed by atoms with E-state index in [0.29, 0.717) is 22.3 Å². The summed E-state index contributed by atoms with van der Waals surface area (Å²) in [7, 11) is 1.41. The smallest absolute Gasteiger partial charge is 0.416 e. The van der Waals surface area contributed by atoms with Gasteiger partial charge in [0.15, 0.2) is 0 Å². The standard InChI is InChI=1S/C20H19ClF4O/c1-26-19-10-18(22)16(12-4-2-3-5-12)9-17(19)15-7-6-14(20(23,24)25)8-13(15)11-21/h6-10,12H,2-5,11H2,1H3. The lowest BCUT2D eigenvalue weighted by atomic mass is 9.91. The van der Waals surface area contributed by atoms with Crippen LogP contribution in [0.3, 0.4) is 0 Å². The summed E-state index contributed by atoms with van der Waals surface area (Å²) in [5.41, 5.74) is 1.28. The third-order valence-corrected chi connectivity index (χ3v) is 5.27. The van der Waals surface area contributed by atoms with Gasteiger partial charge in [-0.1, -0.05) is 18.9 Å². The number of rotatable bonds is 4. The minimum Gasteiger partial charge on any atom is -0.496 e. The zero-order chi connectivity index (χ0) is 18.9. The first-order valence-electron chi connectivity index (χ1n) is 8.49. The first-order chi connectivity index (χ1) is 12.3. The van der Waals surface area contributed by atoms with Gasteiger partial charge in [-0.25, -0.2) is 4.39 Å². The zero-order valence-electron chi connectivity index (χ0n) is 14.3. The Morgan fingerprint density at radius 3 is 2.35 bits per heavy atom. The van der Waals surface area contributed by atoms with E-state index in [9.17, 15) is 17.6 Å². The fourth-order valence-corrected chi connectivity index (χ4v) is 3.87. The number of hydrogen-bond donors (Lipinski definition) is 0. The zero-order valence-corrected chi connectivity index (χ0v) is 15.1. The van der Waals surface area contributed by atoms with Crippen LogP contribution in [0.4, 0.5) is 17.6 Å². The van der Waals surface area contributed by atoms with Crippen LogP contribution in [0.5, 0.6) is 5.75 Å². The second kappa shape index (κ2) is 7.47. The monoisotopic (exact) mass is 386 g/mol. The van der Waals surface area contributed by atoms with E-state index in [4.69, 9.17) is 16.3 Å². The number of hydrogen-bond acceptors (Lipinski definition) is 1. The Morgan fingerprint density at radius 2 is 1.77 bits per heavy atom. The highest BCUT2D eigenvalue weighted by Gasteiger charge is 2.31. The molecule has 0 radical (unpaired) electrons. The van der Waals surface area contributed by atoms with Crippen molar-refractivity contribution in [3.63, 3.8) is 0 Å². The van der Waals surface area contributed by atoms with Gasteiger partial charge in [-0.15, -0.1) is 11.6 Å². The van der Waals surface area contributed by atoms with Crippen LogP contribution < -0.4 is 4.74 Å². The van der Waals surface area contributed by atoms with Crippen LogP contribution in [-0.2, 0) is 12.1 Å². The number of benzene rings is 2. The lowest BCUT2D eigenvalue weighted by Gasteiger charge is -2.18. The first-order valence-corrected chi connectivity index (χ1v) is 9.02. The largest absolute Gasteiger partial charge is 0.496 e. The molecule has 0 aliphatic heterocycles. The van der Waals surface area contributed by atoms with Gasteiger partial charge in [0.1, 0.15) is 11.6 Å². The van der Waals surface area contributed by atoms with E-state index in [1.807, 2.05) is 0 Å². The Morgan fingerprint density at radius 1 is 1.08 bits per heavy atom. The fraction of sp³-hybridized carbons (Fsp3) is 0.400. The van der Waals surface area contributed by atoms with Gasteiger partial charge >= 0.3 is 6.18 Å². The molecule has 26 heavy (non-hydrogen) atoms. The second-order valence-electron chi connectivity index (χ2n) is 6.56. The average Bonchev–Trinajstić information content (AvgIpc) is 3.14. The van der Waals surface area contributed by atoms with Gasteiger partial charge in [-0.05, 0) is 53.6 Å². The number of methoxy groups -OCH3 is 1. The van der Waals surface area contributed by atoms with Crippen molar-refractivity contribution in [3.05, 3.63) is 52.8 Å². The normalized spacial score (nSPS) is 15.5. The molecule has 0 atom stereocenters. The quantitative estimate of drug-likeness (QED) is 0.409. The topological polar surface area (TPSA) is 9.23 Å². The number of ether oxygens (including phenoxy) is 1. The van der Waals surface area contributed by atoms with Crippen LogP contribution in [-0.4, -0.2) is 7.11 Å². The lowest BCUT2D eigenvalue weighted by Crippen LogP contribution is -2.06. The molecule has 1 aliphatic carbocycles. The SMILES string of the molecule is COc1cc(F)c(C2CCCC2)cc1-c1ccc(C(F)(F)F)cc1CCl. The average molecular weight is 387 g/mol. The minimum atomic E-state index is -4.44. The second-order valence-corrected chi connectivity index (χ2v) is 6.83. The molecule has 1 saturated carbocycles. The highest BCUT2D eigenvalue weighted by molar-refractivity contribution is 6.17. The molecule has 0 unspecified atom stereocenters. The number of halogens is 5. The molecule has 2 aromatic carbocycles. The molecule has 0 aromatic heterocycles. The maximum atomic E-state index is 14.5. The van der Waals surface area contributed by atoms with Crippen LogP contribution >= 0.6 is 11.6 Å². The van der Waals surface area contributed by atoms with Crippen molar-refractivity contribution in [1.82, 2.24) is 0 Å². The molecule has 0 amide bonds. The Balaban J connectivity index is 2.14. The molecule has 2 aromatic rings. The summed E-state index contributed by atoms with van der Waals surface area (Å²) in [5.74, 6) is -0.000736. The van der Waals surface area contributed by atoms with E-state index in [1.54, 1.807) is 6.07 Å². The van der Waals surface area contributed by atoms with Crippen molar-refractivity contribution in [2.45, 2.75) is 43.7 Å². The third-order valence-electron chi connectivity index (χ3n) is 4.98. The molecular weight excluding hydrogens is 368 g/mol. The summed E-state index contributed by atoms with van der Waals surface area (Å²) in [6.45, 7) is 0. The molecule has 0 bridgehead atoms. The molecular formula is C20H19ClF4O. The Labute approximate surface area is 154 Å². The van der Waals surface area contributed by atoms with Crippen molar-refractivity contribution in [2.75, 3.05) is 7.11 Å². The van der Waals surface area contributed by atoms with Crippen molar-refractivity contribution < 1.29 is 22.3 Å².